The lowest BCUT2D eigenvalue weighted by Crippen LogP contribution is -2.27. The Bertz CT molecular complexity index is 468. The molecule has 0 amide bonds. The lowest BCUT2D eigenvalue weighted by atomic mass is 9.89. The van der Waals surface area contributed by atoms with Gasteiger partial charge in [-0.05, 0) is 30.9 Å². The van der Waals surface area contributed by atoms with Crippen LogP contribution in [0, 0.1) is 5.92 Å². The van der Waals surface area contributed by atoms with Crippen LogP contribution < -0.4 is 10.6 Å². The second kappa shape index (κ2) is 6.64. The van der Waals surface area contributed by atoms with Gasteiger partial charge in [-0.25, -0.2) is 4.79 Å². The van der Waals surface area contributed by atoms with Gasteiger partial charge in [-0.2, -0.15) is 0 Å². The third kappa shape index (κ3) is 3.24. The molecule has 0 bridgehead atoms. The molecule has 0 atom stereocenters. The molecular formula is C16H24N2O2. The molecule has 0 saturated heterocycles. The molecule has 2 rings (SSSR count). The van der Waals surface area contributed by atoms with E-state index in [2.05, 4.69) is 4.90 Å². The third-order valence-corrected chi connectivity index (χ3v) is 4.16. The number of carbonyl (C=O) groups is 1. The summed E-state index contributed by atoms with van der Waals surface area (Å²) in [5, 5.41) is 0. The average Bonchev–Trinajstić information content (AvgIpc) is 2.47. The van der Waals surface area contributed by atoms with Crippen molar-refractivity contribution in [2.75, 3.05) is 31.3 Å². The normalized spacial score (nSPS) is 15.9. The highest BCUT2D eigenvalue weighted by Gasteiger charge is 2.19. The molecule has 1 aromatic carbocycles. The summed E-state index contributed by atoms with van der Waals surface area (Å²) in [5.41, 5.74) is 8.00. The summed E-state index contributed by atoms with van der Waals surface area (Å²) in [7, 11) is 3.42. The number of rotatable bonds is 4. The van der Waals surface area contributed by atoms with Gasteiger partial charge >= 0.3 is 5.97 Å². The Morgan fingerprint density at radius 2 is 2.05 bits per heavy atom. The molecule has 0 heterocycles. The summed E-state index contributed by atoms with van der Waals surface area (Å²) in [4.78, 5) is 13.8. The van der Waals surface area contributed by atoms with Crippen LogP contribution in [0.15, 0.2) is 18.2 Å². The van der Waals surface area contributed by atoms with Crippen molar-refractivity contribution in [1.29, 1.82) is 0 Å². The van der Waals surface area contributed by atoms with Crippen LogP contribution in [0.25, 0.3) is 0 Å². The smallest absolute Gasteiger partial charge is 0.340 e. The zero-order valence-corrected chi connectivity index (χ0v) is 12.4. The molecule has 0 aliphatic heterocycles. The number of nitrogen functional groups attached to an aromatic ring is 1. The number of para-hydroxylation sites is 1. The van der Waals surface area contributed by atoms with E-state index in [0.29, 0.717) is 11.3 Å². The molecule has 2 N–H and O–H groups in total. The predicted molar refractivity (Wildman–Crippen MR) is 82.0 cm³/mol. The minimum atomic E-state index is -0.379. The summed E-state index contributed by atoms with van der Waals surface area (Å²) < 4.78 is 4.76. The Morgan fingerprint density at radius 3 is 2.70 bits per heavy atom. The quantitative estimate of drug-likeness (QED) is 0.678. The monoisotopic (exact) mass is 276 g/mol. The fourth-order valence-corrected chi connectivity index (χ4v) is 3.03. The largest absolute Gasteiger partial charge is 0.465 e. The molecule has 110 valence electrons. The van der Waals surface area contributed by atoms with Crippen molar-refractivity contribution in [3.63, 3.8) is 0 Å². The van der Waals surface area contributed by atoms with E-state index in [9.17, 15) is 4.79 Å². The van der Waals surface area contributed by atoms with Crippen LogP contribution >= 0.6 is 0 Å². The van der Waals surface area contributed by atoms with Gasteiger partial charge in [0.25, 0.3) is 0 Å². The van der Waals surface area contributed by atoms with Crippen LogP contribution in [-0.4, -0.2) is 26.7 Å². The number of methoxy groups -OCH3 is 1. The van der Waals surface area contributed by atoms with Gasteiger partial charge in [0.2, 0.25) is 0 Å². The number of hydrogen-bond donors (Lipinski definition) is 1. The van der Waals surface area contributed by atoms with Crippen LogP contribution in [0.4, 0.5) is 11.4 Å². The average molecular weight is 276 g/mol. The van der Waals surface area contributed by atoms with Gasteiger partial charge in [0.15, 0.2) is 0 Å². The molecule has 4 nitrogen and oxygen atoms in total. The zero-order chi connectivity index (χ0) is 14.5. The fourth-order valence-electron chi connectivity index (χ4n) is 3.03. The van der Waals surface area contributed by atoms with Gasteiger partial charge in [0.1, 0.15) is 0 Å². The van der Waals surface area contributed by atoms with Crippen LogP contribution in [0.5, 0.6) is 0 Å². The lowest BCUT2D eigenvalue weighted by molar-refractivity contribution is 0.0602. The Balaban J connectivity index is 2.12. The van der Waals surface area contributed by atoms with Crippen LogP contribution in [-0.2, 0) is 4.74 Å². The molecule has 1 aromatic rings. The van der Waals surface area contributed by atoms with Gasteiger partial charge < -0.3 is 15.4 Å². The van der Waals surface area contributed by atoms with Crippen LogP contribution in [0.3, 0.4) is 0 Å². The van der Waals surface area contributed by atoms with Crippen LogP contribution in [0.2, 0.25) is 0 Å². The first-order valence-electron chi connectivity index (χ1n) is 7.31. The van der Waals surface area contributed by atoms with Crippen molar-refractivity contribution < 1.29 is 9.53 Å². The summed E-state index contributed by atoms with van der Waals surface area (Å²) in [6.07, 6.45) is 6.61. The van der Waals surface area contributed by atoms with Crippen molar-refractivity contribution in [2.45, 2.75) is 32.1 Å². The number of anilines is 2. The highest BCUT2D eigenvalue weighted by Crippen LogP contribution is 2.30. The van der Waals surface area contributed by atoms with Gasteiger partial charge in [-0.15, -0.1) is 0 Å². The first-order valence-corrected chi connectivity index (χ1v) is 7.31. The van der Waals surface area contributed by atoms with E-state index in [1.807, 2.05) is 19.2 Å². The molecule has 0 unspecified atom stereocenters. The number of nitrogens with two attached hydrogens (primary N) is 1. The Kier molecular flexibility index (Phi) is 4.88. The SMILES string of the molecule is COC(=O)c1cccc(N(C)CC2CCCCC2)c1N. The zero-order valence-electron chi connectivity index (χ0n) is 12.4. The van der Waals surface area contributed by atoms with E-state index in [0.717, 1.165) is 18.2 Å². The van der Waals surface area contributed by atoms with Crippen molar-refractivity contribution in [1.82, 2.24) is 0 Å². The molecule has 0 spiro atoms. The highest BCUT2D eigenvalue weighted by molar-refractivity contribution is 5.98. The van der Waals surface area contributed by atoms with Gasteiger partial charge in [0, 0.05) is 13.6 Å². The number of benzene rings is 1. The lowest BCUT2D eigenvalue weighted by Gasteiger charge is -2.29. The number of carbonyl (C=O) groups excluding carboxylic acids is 1. The van der Waals surface area contributed by atoms with E-state index in [4.69, 9.17) is 10.5 Å². The standard InChI is InChI=1S/C16H24N2O2/c1-18(11-12-7-4-3-5-8-12)14-10-6-9-13(15(14)17)16(19)20-2/h6,9-10,12H,3-5,7-8,11,17H2,1-2H3. The molecule has 1 fully saturated rings. The summed E-state index contributed by atoms with van der Waals surface area (Å²) in [6.45, 7) is 0.995. The number of hydrogen-bond acceptors (Lipinski definition) is 4. The van der Waals surface area contributed by atoms with E-state index in [-0.39, 0.29) is 5.97 Å². The van der Waals surface area contributed by atoms with Crippen molar-refractivity contribution >= 4 is 17.3 Å². The molecule has 1 aliphatic rings. The Labute approximate surface area is 120 Å². The van der Waals surface area contributed by atoms with Gasteiger partial charge in [-0.3, -0.25) is 0 Å². The van der Waals surface area contributed by atoms with E-state index in [1.54, 1.807) is 6.07 Å². The topological polar surface area (TPSA) is 55.6 Å². The summed E-state index contributed by atoms with van der Waals surface area (Å²) in [5.74, 6) is 0.352. The molecule has 0 aromatic heterocycles. The third-order valence-electron chi connectivity index (χ3n) is 4.16. The van der Waals surface area contributed by atoms with E-state index < -0.39 is 0 Å². The summed E-state index contributed by atoms with van der Waals surface area (Å²) >= 11 is 0. The number of ether oxygens (including phenoxy) is 1. The van der Waals surface area contributed by atoms with Gasteiger partial charge in [0.05, 0.1) is 24.0 Å². The Morgan fingerprint density at radius 1 is 1.35 bits per heavy atom. The second-order valence-electron chi connectivity index (χ2n) is 5.61. The molecule has 1 saturated carbocycles. The second-order valence-corrected chi connectivity index (χ2v) is 5.61. The molecule has 1 aliphatic carbocycles. The van der Waals surface area contributed by atoms with Gasteiger partial charge in [-0.1, -0.05) is 25.3 Å². The molecule has 20 heavy (non-hydrogen) atoms. The summed E-state index contributed by atoms with van der Waals surface area (Å²) in [6, 6.07) is 5.53. The maximum Gasteiger partial charge on any atom is 0.340 e. The number of esters is 1. The molecular weight excluding hydrogens is 252 g/mol. The predicted octanol–water partition coefficient (Wildman–Crippen LogP) is 3.07. The fraction of sp³-hybridized carbons (Fsp3) is 0.562. The first kappa shape index (κ1) is 14.7. The highest BCUT2D eigenvalue weighted by atomic mass is 16.5. The number of nitrogens with zero attached hydrogens (tertiary/aromatic N) is 1. The molecule has 4 heteroatoms. The maximum atomic E-state index is 11.7. The minimum Gasteiger partial charge on any atom is -0.465 e. The Hall–Kier alpha value is -1.71. The minimum absolute atomic E-state index is 0.379. The molecule has 0 radical (unpaired) electrons. The maximum absolute atomic E-state index is 11.7. The van der Waals surface area contributed by atoms with Crippen LogP contribution in [0.1, 0.15) is 42.5 Å². The van der Waals surface area contributed by atoms with Crippen molar-refractivity contribution in [2.24, 2.45) is 5.92 Å². The van der Waals surface area contributed by atoms with E-state index in [1.165, 1.54) is 39.2 Å². The van der Waals surface area contributed by atoms with E-state index >= 15 is 0 Å². The van der Waals surface area contributed by atoms with Crippen molar-refractivity contribution in [3.8, 4) is 0 Å². The first-order chi connectivity index (χ1) is 9.63. The van der Waals surface area contributed by atoms with Crippen molar-refractivity contribution in [3.05, 3.63) is 23.8 Å².